The fourth-order valence-electron chi connectivity index (χ4n) is 1.17. The lowest BCUT2D eigenvalue weighted by Crippen LogP contribution is -2.10. The van der Waals surface area contributed by atoms with Crippen LogP contribution in [-0.4, -0.2) is 34.6 Å². The topological polar surface area (TPSA) is 65.0 Å². The predicted octanol–water partition coefficient (Wildman–Crippen LogP) is 1.38. The Morgan fingerprint density at radius 2 is 1.71 bits per heavy atom. The Morgan fingerprint density at radius 3 is 2.18 bits per heavy atom. The number of nitrogens with zero attached hydrogens (tertiary/aromatic N) is 1. The summed E-state index contributed by atoms with van der Waals surface area (Å²) in [5.41, 5.74) is 1.00. The number of hydrogen-bond donors (Lipinski definition) is 0. The van der Waals surface area contributed by atoms with E-state index in [0.29, 0.717) is 0 Å². The summed E-state index contributed by atoms with van der Waals surface area (Å²) in [4.78, 5) is 3.95. The Balaban J connectivity index is 2.89. The highest BCUT2D eigenvalue weighted by Crippen LogP contribution is 2.12. The first-order chi connectivity index (χ1) is 7.99. The summed E-state index contributed by atoms with van der Waals surface area (Å²) in [6.07, 6.45) is -0.0549. The van der Waals surface area contributed by atoms with Crippen LogP contribution in [0.4, 0.5) is 0 Å². The summed E-state index contributed by atoms with van der Waals surface area (Å²) in [5, 5.41) is 0. The predicted molar refractivity (Wildman–Crippen MR) is 64.7 cm³/mol. The summed E-state index contributed by atoms with van der Waals surface area (Å²) in [6.45, 7) is 1.89. The average Bonchev–Trinajstić information content (AvgIpc) is 2.31. The number of methoxy groups -OCH3 is 2. The molecule has 0 atom stereocenters. The largest absolute Gasteiger partial charge is 0.454 e. The molecule has 1 aromatic carbocycles. The SMILES string of the molecule is COC(=NCS(=O)(=O)c1ccc(C)cc1)OC. The number of aliphatic imine (C=N–C) groups is 1. The molecule has 0 aromatic heterocycles. The maximum Gasteiger partial charge on any atom is 0.383 e. The van der Waals surface area contributed by atoms with Crippen molar-refractivity contribution in [3.05, 3.63) is 29.8 Å². The Bertz CT molecular complexity index is 485. The molecule has 1 rings (SSSR count). The van der Waals surface area contributed by atoms with Crippen LogP contribution in [0.2, 0.25) is 0 Å². The van der Waals surface area contributed by atoms with Gasteiger partial charge < -0.3 is 9.47 Å². The quantitative estimate of drug-likeness (QED) is 0.606. The minimum atomic E-state index is -3.44. The van der Waals surface area contributed by atoms with E-state index in [4.69, 9.17) is 9.47 Å². The maximum absolute atomic E-state index is 11.9. The van der Waals surface area contributed by atoms with Gasteiger partial charge >= 0.3 is 6.08 Å². The van der Waals surface area contributed by atoms with Crippen LogP contribution in [0, 0.1) is 6.92 Å². The van der Waals surface area contributed by atoms with Crippen molar-refractivity contribution in [1.29, 1.82) is 0 Å². The minimum absolute atomic E-state index is 0.0549. The molecule has 0 bridgehead atoms. The van der Waals surface area contributed by atoms with E-state index in [1.165, 1.54) is 14.2 Å². The maximum atomic E-state index is 11.9. The lowest BCUT2D eigenvalue weighted by molar-refractivity contribution is 0.241. The van der Waals surface area contributed by atoms with Gasteiger partial charge in [0.05, 0.1) is 19.1 Å². The molecule has 0 aliphatic heterocycles. The van der Waals surface area contributed by atoms with E-state index in [0.717, 1.165) is 5.56 Å². The van der Waals surface area contributed by atoms with Gasteiger partial charge in [-0.05, 0) is 19.1 Å². The molecule has 0 saturated carbocycles. The van der Waals surface area contributed by atoms with Crippen molar-refractivity contribution in [2.24, 2.45) is 4.99 Å². The Morgan fingerprint density at radius 1 is 1.18 bits per heavy atom. The molecule has 17 heavy (non-hydrogen) atoms. The van der Waals surface area contributed by atoms with Crippen LogP contribution in [0.3, 0.4) is 0 Å². The number of aryl methyl sites for hydroxylation is 1. The van der Waals surface area contributed by atoms with Gasteiger partial charge in [-0.25, -0.2) is 13.4 Å². The lowest BCUT2D eigenvalue weighted by atomic mass is 10.2. The molecule has 0 aliphatic rings. The van der Waals surface area contributed by atoms with Crippen molar-refractivity contribution in [2.45, 2.75) is 11.8 Å². The third-order valence-electron chi connectivity index (χ3n) is 2.09. The fraction of sp³-hybridized carbons (Fsp3) is 0.364. The van der Waals surface area contributed by atoms with Gasteiger partial charge in [0.15, 0.2) is 15.7 Å². The van der Waals surface area contributed by atoms with Crippen molar-refractivity contribution in [3.8, 4) is 0 Å². The molecule has 0 unspecified atom stereocenters. The van der Waals surface area contributed by atoms with Gasteiger partial charge in [-0.1, -0.05) is 17.7 Å². The smallest absolute Gasteiger partial charge is 0.383 e. The number of hydrogen-bond acceptors (Lipinski definition) is 5. The Hall–Kier alpha value is -1.56. The highest BCUT2D eigenvalue weighted by Gasteiger charge is 2.14. The molecule has 0 heterocycles. The third kappa shape index (κ3) is 3.74. The normalized spacial score (nSPS) is 10.8. The van der Waals surface area contributed by atoms with Gasteiger partial charge in [0, 0.05) is 0 Å². The van der Waals surface area contributed by atoms with Gasteiger partial charge in [-0.2, -0.15) is 0 Å². The molecule has 0 N–H and O–H groups in total. The van der Waals surface area contributed by atoms with Crippen molar-refractivity contribution in [1.82, 2.24) is 0 Å². The molecular weight excluding hydrogens is 242 g/mol. The van der Waals surface area contributed by atoms with E-state index < -0.39 is 15.7 Å². The van der Waals surface area contributed by atoms with Crippen molar-refractivity contribution < 1.29 is 17.9 Å². The van der Waals surface area contributed by atoms with Gasteiger partial charge in [0.25, 0.3) is 0 Å². The standard InChI is InChI=1S/C11H15NO4S/c1-9-4-6-10(7-5-9)17(13,14)8-12-11(15-2)16-3/h4-7H,8H2,1-3H3. The van der Waals surface area contributed by atoms with Crippen LogP contribution in [0.1, 0.15) is 5.56 Å². The van der Waals surface area contributed by atoms with Crippen molar-refractivity contribution >= 4 is 15.9 Å². The number of ether oxygens (including phenoxy) is 2. The van der Waals surface area contributed by atoms with Gasteiger partial charge in [0.2, 0.25) is 0 Å². The molecule has 1 aromatic rings. The summed E-state index contributed by atoms with van der Waals surface area (Å²) < 4.78 is 33.1. The average molecular weight is 257 g/mol. The zero-order valence-electron chi connectivity index (χ0n) is 10.0. The first kappa shape index (κ1) is 13.5. The van der Waals surface area contributed by atoms with Crippen LogP contribution in [0.25, 0.3) is 0 Å². The second kappa shape index (κ2) is 5.67. The number of benzene rings is 1. The molecule has 0 radical (unpaired) electrons. The molecule has 94 valence electrons. The second-order valence-electron chi connectivity index (χ2n) is 3.39. The summed E-state index contributed by atoms with van der Waals surface area (Å²) >= 11 is 0. The zero-order valence-corrected chi connectivity index (χ0v) is 10.8. The van der Waals surface area contributed by atoms with Crippen molar-refractivity contribution in [3.63, 3.8) is 0 Å². The van der Waals surface area contributed by atoms with Gasteiger partial charge in [0.1, 0.15) is 0 Å². The summed E-state index contributed by atoms with van der Waals surface area (Å²) in [7, 11) is -0.716. The minimum Gasteiger partial charge on any atom is -0.454 e. The third-order valence-corrected chi connectivity index (χ3v) is 3.55. The highest BCUT2D eigenvalue weighted by atomic mass is 32.2. The number of sulfone groups is 1. The second-order valence-corrected chi connectivity index (χ2v) is 5.35. The molecule has 0 amide bonds. The number of rotatable bonds is 3. The molecule has 0 spiro atoms. The molecule has 0 aliphatic carbocycles. The van der Waals surface area contributed by atoms with E-state index in [9.17, 15) is 8.42 Å². The van der Waals surface area contributed by atoms with Gasteiger partial charge in [-0.3, -0.25) is 0 Å². The highest BCUT2D eigenvalue weighted by molar-refractivity contribution is 7.91. The van der Waals surface area contributed by atoms with Gasteiger partial charge in [-0.15, -0.1) is 0 Å². The zero-order chi connectivity index (χ0) is 12.9. The molecular formula is C11H15NO4S. The van der Waals surface area contributed by atoms with E-state index in [1.54, 1.807) is 24.3 Å². The van der Waals surface area contributed by atoms with E-state index in [-0.39, 0.29) is 11.0 Å². The van der Waals surface area contributed by atoms with Crippen LogP contribution >= 0.6 is 0 Å². The van der Waals surface area contributed by atoms with E-state index >= 15 is 0 Å². The molecule has 0 saturated heterocycles. The molecule has 6 heteroatoms. The molecule has 0 fully saturated rings. The lowest BCUT2D eigenvalue weighted by Gasteiger charge is -2.04. The van der Waals surface area contributed by atoms with Crippen LogP contribution in [0.5, 0.6) is 0 Å². The monoisotopic (exact) mass is 257 g/mol. The van der Waals surface area contributed by atoms with E-state index in [1.807, 2.05) is 6.92 Å². The van der Waals surface area contributed by atoms with E-state index in [2.05, 4.69) is 4.99 Å². The first-order valence-corrected chi connectivity index (χ1v) is 6.56. The van der Waals surface area contributed by atoms with Crippen LogP contribution in [0.15, 0.2) is 34.2 Å². The Kier molecular flexibility index (Phi) is 4.51. The summed E-state index contributed by atoms with van der Waals surface area (Å²) in [6, 6.07) is 6.59. The fourth-order valence-corrected chi connectivity index (χ4v) is 2.15. The van der Waals surface area contributed by atoms with Crippen LogP contribution in [-0.2, 0) is 19.3 Å². The van der Waals surface area contributed by atoms with Crippen LogP contribution < -0.4 is 0 Å². The first-order valence-electron chi connectivity index (χ1n) is 4.91. The Labute approximate surface area is 101 Å². The van der Waals surface area contributed by atoms with Crippen molar-refractivity contribution in [2.75, 3.05) is 20.1 Å². The molecule has 5 nitrogen and oxygen atoms in total. The summed E-state index contributed by atoms with van der Waals surface area (Å²) in [5.74, 6) is -0.396.